The quantitative estimate of drug-likeness (QED) is 0.465. The number of carbonyl (C=O) groups is 1. The number of likely N-dealkylation sites (N-methyl/N-ethyl adjacent to an activating group) is 1. The lowest BCUT2D eigenvalue weighted by atomic mass is 10.1. The van der Waals surface area contributed by atoms with Crippen LogP contribution in [0.5, 0.6) is 0 Å². The Morgan fingerprint density at radius 1 is 1.17 bits per heavy atom. The number of hydrogen-bond donors (Lipinski definition) is 3. The van der Waals surface area contributed by atoms with Gasteiger partial charge in [0.25, 0.3) is 5.56 Å². The van der Waals surface area contributed by atoms with Crippen molar-refractivity contribution >= 4 is 33.9 Å². The van der Waals surface area contributed by atoms with Crippen molar-refractivity contribution < 1.29 is 4.79 Å². The van der Waals surface area contributed by atoms with Crippen LogP contribution < -0.4 is 11.2 Å². The minimum Gasteiger partial charge on any atom is -0.361 e. The highest BCUT2D eigenvalue weighted by molar-refractivity contribution is 5.93. The van der Waals surface area contributed by atoms with Crippen LogP contribution in [0.3, 0.4) is 0 Å². The van der Waals surface area contributed by atoms with Gasteiger partial charge in [-0.2, -0.15) is 0 Å². The standard InChI is InChI=1S/C21H19N5O3/c1-12(16-11-22-17-6-4-3-5-14(16)17)26(2)18(27)8-7-13-9-15-19(23-10-13)24-21(29)25-20(15)28/h3-12,22H,1-2H3,(H2,23,24,25,28,29). The summed E-state index contributed by atoms with van der Waals surface area (Å²) in [5.74, 6) is -0.182. The molecule has 8 nitrogen and oxygen atoms in total. The molecule has 1 unspecified atom stereocenters. The van der Waals surface area contributed by atoms with E-state index in [1.54, 1.807) is 24.1 Å². The Morgan fingerprint density at radius 3 is 2.79 bits per heavy atom. The molecule has 0 aliphatic carbocycles. The zero-order chi connectivity index (χ0) is 20.5. The lowest BCUT2D eigenvalue weighted by Gasteiger charge is -2.23. The van der Waals surface area contributed by atoms with Crippen molar-refractivity contribution in [2.24, 2.45) is 0 Å². The molecule has 0 aliphatic rings. The number of pyridine rings is 1. The van der Waals surface area contributed by atoms with E-state index in [4.69, 9.17) is 0 Å². The molecule has 146 valence electrons. The van der Waals surface area contributed by atoms with Crippen LogP contribution in [-0.2, 0) is 4.79 Å². The SMILES string of the molecule is CC(c1c[nH]c2ccccc12)N(C)C(=O)C=Cc1cnc2[nH]c(=O)[nH]c(=O)c2c1. The Kier molecular flexibility index (Phi) is 4.59. The van der Waals surface area contributed by atoms with Crippen LogP contribution >= 0.6 is 0 Å². The Balaban J connectivity index is 1.56. The summed E-state index contributed by atoms with van der Waals surface area (Å²) >= 11 is 0. The molecule has 0 spiro atoms. The molecule has 1 atom stereocenters. The molecule has 4 aromatic rings. The van der Waals surface area contributed by atoms with E-state index in [1.807, 2.05) is 37.4 Å². The number of para-hydroxylation sites is 1. The van der Waals surface area contributed by atoms with E-state index in [2.05, 4.69) is 19.9 Å². The van der Waals surface area contributed by atoms with E-state index in [0.29, 0.717) is 5.56 Å². The number of nitrogens with zero attached hydrogens (tertiary/aromatic N) is 2. The number of benzene rings is 1. The zero-order valence-corrected chi connectivity index (χ0v) is 15.9. The number of carbonyl (C=O) groups excluding carboxylic acids is 1. The number of rotatable bonds is 4. The molecule has 0 radical (unpaired) electrons. The summed E-state index contributed by atoms with van der Waals surface area (Å²) in [6.45, 7) is 1.97. The number of nitrogens with one attached hydrogen (secondary N) is 3. The minimum atomic E-state index is -0.610. The zero-order valence-electron chi connectivity index (χ0n) is 15.9. The molecule has 8 heteroatoms. The van der Waals surface area contributed by atoms with Crippen LogP contribution in [0.1, 0.15) is 24.1 Å². The minimum absolute atomic E-state index is 0.133. The normalized spacial score (nSPS) is 12.6. The molecule has 0 bridgehead atoms. The first-order valence-corrected chi connectivity index (χ1v) is 9.07. The number of fused-ring (bicyclic) bond motifs is 2. The van der Waals surface area contributed by atoms with Crippen LogP contribution in [0.25, 0.3) is 28.0 Å². The first-order valence-electron chi connectivity index (χ1n) is 9.07. The van der Waals surface area contributed by atoms with Gasteiger partial charge in [-0.15, -0.1) is 0 Å². The molecule has 0 aliphatic heterocycles. The Hall–Kier alpha value is -3.94. The second-order valence-corrected chi connectivity index (χ2v) is 6.82. The van der Waals surface area contributed by atoms with Gasteiger partial charge in [0, 0.05) is 36.4 Å². The van der Waals surface area contributed by atoms with Crippen molar-refractivity contribution in [1.82, 2.24) is 24.8 Å². The molecule has 1 amide bonds. The number of H-pyrrole nitrogens is 3. The molecule has 4 rings (SSSR count). The average molecular weight is 389 g/mol. The fourth-order valence-corrected chi connectivity index (χ4v) is 3.28. The molecule has 0 saturated heterocycles. The van der Waals surface area contributed by atoms with Crippen molar-refractivity contribution in [3.63, 3.8) is 0 Å². The van der Waals surface area contributed by atoms with Gasteiger partial charge in [0.15, 0.2) is 0 Å². The molecule has 0 fully saturated rings. The van der Waals surface area contributed by atoms with Crippen LogP contribution in [-0.4, -0.2) is 37.8 Å². The first-order chi connectivity index (χ1) is 13.9. The maximum absolute atomic E-state index is 12.7. The number of aromatic amines is 3. The van der Waals surface area contributed by atoms with Crippen molar-refractivity contribution in [3.8, 4) is 0 Å². The predicted molar refractivity (Wildman–Crippen MR) is 112 cm³/mol. The summed E-state index contributed by atoms with van der Waals surface area (Å²) in [7, 11) is 1.74. The van der Waals surface area contributed by atoms with Gasteiger partial charge in [-0.05, 0) is 36.3 Å². The van der Waals surface area contributed by atoms with Gasteiger partial charge in [0.05, 0.1) is 11.4 Å². The fourth-order valence-electron chi connectivity index (χ4n) is 3.28. The van der Waals surface area contributed by atoms with Crippen LogP contribution in [0.15, 0.2) is 58.4 Å². The molecular weight excluding hydrogens is 370 g/mol. The van der Waals surface area contributed by atoms with Crippen molar-refractivity contribution in [2.45, 2.75) is 13.0 Å². The van der Waals surface area contributed by atoms with Gasteiger partial charge in [-0.25, -0.2) is 9.78 Å². The lowest BCUT2D eigenvalue weighted by molar-refractivity contribution is -0.126. The maximum atomic E-state index is 12.7. The van der Waals surface area contributed by atoms with Gasteiger partial charge in [0.2, 0.25) is 5.91 Å². The molecule has 1 aromatic carbocycles. The summed E-state index contributed by atoms with van der Waals surface area (Å²) in [5.41, 5.74) is 1.71. The topological polar surface area (TPSA) is 115 Å². The second-order valence-electron chi connectivity index (χ2n) is 6.82. The van der Waals surface area contributed by atoms with E-state index in [9.17, 15) is 14.4 Å². The molecule has 29 heavy (non-hydrogen) atoms. The molecule has 3 aromatic heterocycles. The second kappa shape index (κ2) is 7.23. The van der Waals surface area contributed by atoms with Crippen LogP contribution in [0, 0.1) is 0 Å². The summed E-state index contributed by atoms with van der Waals surface area (Å²) in [6, 6.07) is 9.39. The molecule has 3 heterocycles. The Bertz CT molecular complexity index is 1360. The summed E-state index contributed by atoms with van der Waals surface area (Å²) in [6.07, 6.45) is 6.44. The Labute approximate surface area is 164 Å². The van der Waals surface area contributed by atoms with Crippen LogP contribution in [0.2, 0.25) is 0 Å². The highest BCUT2D eigenvalue weighted by Crippen LogP contribution is 2.27. The van der Waals surface area contributed by atoms with Crippen molar-refractivity contribution in [1.29, 1.82) is 0 Å². The highest BCUT2D eigenvalue weighted by atomic mass is 16.2. The van der Waals surface area contributed by atoms with E-state index < -0.39 is 11.2 Å². The fraction of sp³-hybridized carbons (Fsp3) is 0.143. The van der Waals surface area contributed by atoms with E-state index in [1.165, 1.54) is 12.3 Å². The summed E-state index contributed by atoms with van der Waals surface area (Å²) in [4.78, 5) is 49.4. The van der Waals surface area contributed by atoms with Gasteiger partial charge in [0.1, 0.15) is 5.65 Å². The van der Waals surface area contributed by atoms with E-state index >= 15 is 0 Å². The van der Waals surface area contributed by atoms with Crippen molar-refractivity contribution in [3.05, 3.63) is 80.8 Å². The van der Waals surface area contributed by atoms with Crippen LogP contribution in [0.4, 0.5) is 0 Å². The molecular formula is C21H19N5O3. The maximum Gasteiger partial charge on any atom is 0.327 e. The van der Waals surface area contributed by atoms with E-state index in [-0.39, 0.29) is 23.0 Å². The predicted octanol–water partition coefficient (Wildman–Crippen LogP) is 2.33. The number of hydrogen-bond acceptors (Lipinski definition) is 4. The van der Waals surface area contributed by atoms with Crippen molar-refractivity contribution in [2.75, 3.05) is 7.05 Å². The van der Waals surface area contributed by atoms with Gasteiger partial charge in [-0.3, -0.25) is 19.6 Å². The third-order valence-corrected chi connectivity index (χ3v) is 5.03. The average Bonchev–Trinajstić information content (AvgIpc) is 3.15. The number of aromatic nitrogens is 4. The first kappa shape index (κ1) is 18.4. The highest BCUT2D eigenvalue weighted by Gasteiger charge is 2.18. The lowest BCUT2D eigenvalue weighted by Crippen LogP contribution is -2.27. The third-order valence-electron chi connectivity index (χ3n) is 5.03. The van der Waals surface area contributed by atoms with Gasteiger partial charge >= 0.3 is 5.69 Å². The monoisotopic (exact) mass is 389 g/mol. The Morgan fingerprint density at radius 2 is 1.97 bits per heavy atom. The third kappa shape index (κ3) is 3.47. The molecule has 0 saturated carbocycles. The van der Waals surface area contributed by atoms with Gasteiger partial charge < -0.3 is 9.88 Å². The van der Waals surface area contributed by atoms with Gasteiger partial charge in [-0.1, -0.05) is 18.2 Å². The smallest absolute Gasteiger partial charge is 0.327 e. The largest absolute Gasteiger partial charge is 0.361 e. The van der Waals surface area contributed by atoms with E-state index in [0.717, 1.165) is 16.5 Å². The summed E-state index contributed by atoms with van der Waals surface area (Å²) in [5, 5.41) is 1.33. The molecule has 3 N–H and O–H groups in total. The number of amides is 1. The summed E-state index contributed by atoms with van der Waals surface area (Å²) < 4.78 is 0.